The summed E-state index contributed by atoms with van der Waals surface area (Å²) in [7, 11) is -3.37. The zero-order valence-electron chi connectivity index (χ0n) is 18.0. The number of thiophene rings is 1. The van der Waals surface area contributed by atoms with Crippen LogP contribution in [-0.4, -0.2) is 21.5 Å². The Kier molecular flexibility index (Phi) is 6.56. The Morgan fingerprint density at radius 2 is 1.69 bits per heavy atom. The Hall–Kier alpha value is -3.44. The standard InChI is InChI=1S/C24H17F4NO4S2/c1-33-23(30)17-7-3-5-9-21(17)35(31,32)29(22-13-16-6-2-4-8-20(16)34-22)14-15-10-11-19(25)18(12-15)24(26,27)28/h2-13H,14H2,1H3. The summed E-state index contributed by atoms with van der Waals surface area (Å²) in [5.41, 5.74) is -1.81. The number of alkyl halides is 3. The fourth-order valence-electron chi connectivity index (χ4n) is 3.51. The molecule has 35 heavy (non-hydrogen) atoms. The minimum atomic E-state index is -4.96. The molecule has 1 aromatic heterocycles. The monoisotopic (exact) mass is 523 g/mol. The lowest BCUT2D eigenvalue weighted by molar-refractivity contribution is -0.140. The van der Waals surface area contributed by atoms with Crippen molar-refractivity contribution >= 4 is 42.4 Å². The number of fused-ring (bicyclic) bond motifs is 1. The second-order valence-corrected chi connectivity index (χ2v) is 10.3. The zero-order chi connectivity index (χ0) is 25.4. The van der Waals surface area contributed by atoms with Gasteiger partial charge in [0, 0.05) is 4.70 Å². The Labute approximate surface area is 202 Å². The fraction of sp³-hybridized carbons (Fsp3) is 0.125. The molecule has 0 bridgehead atoms. The van der Waals surface area contributed by atoms with Gasteiger partial charge in [0.1, 0.15) is 15.7 Å². The second kappa shape index (κ2) is 9.31. The van der Waals surface area contributed by atoms with Crippen LogP contribution in [0.5, 0.6) is 0 Å². The predicted molar refractivity (Wildman–Crippen MR) is 124 cm³/mol. The molecule has 0 atom stereocenters. The quantitative estimate of drug-likeness (QED) is 0.222. The van der Waals surface area contributed by atoms with Crippen molar-refractivity contribution in [3.05, 3.63) is 95.3 Å². The summed E-state index contributed by atoms with van der Waals surface area (Å²) in [4.78, 5) is 11.9. The van der Waals surface area contributed by atoms with Gasteiger partial charge in [0.25, 0.3) is 10.0 Å². The van der Waals surface area contributed by atoms with E-state index in [1.54, 1.807) is 30.3 Å². The number of halogens is 4. The molecule has 0 unspecified atom stereocenters. The normalized spacial score (nSPS) is 12.0. The summed E-state index contributed by atoms with van der Waals surface area (Å²) >= 11 is 1.11. The summed E-state index contributed by atoms with van der Waals surface area (Å²) in [6.07, 6.45) is -4.96. The first-order chi connectivity index (χ1) is 16.5. The lowest BCUT2D eigenvalue weighted by Crippen LogP contribution is -2.31. The molecule has 0 aliphatic rings. The molecular weight excluding hydrogens is 506 g/mol. The van der Waals surface area contributed by atoms with E-state index in [0.29, 0.717) is 12.1 Å². The molecule has 4 aromatic rings. The van der Waals surface area contributed by atoms with Crippen molar-refractivity contribution in [3.63, 3.8) is 0 Å². The average molecular weight is 524 g/mol. The highest BCUT2D eigenvalue weighted by molar-refractivity contribution is 7.93. The number of hydrogen-bond donors (Lipinski definition) is 0. The molecular formula is C24H17F4NO4S2. The van der Waals surface area contributed by atoms with Gasteiger partial charge in [0.05, 0.1) is 24.8 Å². The summed E-state index contributed by atoms with van der Waals surface area (Å²) in [5, 5.41) is 0.938. The fourth-order valence-corrected chi connectivity index (χ4v) is 6.42. The zero-order valence-corrected chi connectivity index (χ0v) is 19.7. The van der Waals surface area contributed by atoms with Crippen LogP contribution in [0.15, 0.2) is 77.7 Å². The largest absolute Gasteiger partial charge is 0.465 e. The van der Waals surface area contributed by atoms with Crippen molar-refractivity contribution in [1.82, 2.24) is 0 Å². The van der Waals surface area contributed by atoms with Crippen molar-refractivity contribution in [2.24, 2.45) is 0 Å². The lowest BCUT2D eigenvalue weighted by atomic mass is 10.1. The van der Waals surface area contributed by atoms with Crippen molar-refractivity contribution in [1.29, 1.82) is 0 Å². The van der Waals surface area contributed by atoms with Crippen LogP contribution in [0.4, 0.5) is 22.6 Å². The molecule has 3 aromatic carbocycles. The highest BCUT2D eigenvalue weighted by Gasteiger charge is 2.35. The van der Waals surface area contributed by atoms with Gasteiger partial charge >= 0.3 is 12.1 Å². The van der Waals surface area contributed by atoms with Gasteiger partial charge in [-0.1, -0.05) is 36.4 Å². The van der Waals surface area contributed by atoms with E-state index in [1.807, 2.05) is 0 Å². The van der Waals surface area contributed by atoms with Crippen LogP contribution >= 0.6 is 11.3 Å². The SMILES string of the molecule is COC(=O)c1ccccc1S(=O)(=O)N(Cc1ccc(F)c(C(F)(F)F)c1)c1cc2ccccc2s1. The minimum Gasteiger partial charge on any atom is -0.465 e. The molecule has 0 saturated heterocycles. The van der Waals surface area contributed by atoms with E-state index in [-0.39, 0.29) is 21.0 Å². The van der Waals surface area contributed by atoms with Gasteiger partial charge in [-0.25, -0.2) is 17.6 Å². The molecule has 182 valence electrons. The van der Waals surface area contributed by atoms with Crippen molar-refractivity contribution in [3.8, 4) is 0 Å². The van der Waals surface area contributed by atoms with Gasteiger partial charge in [-0.15, -0.1) is 11.3 Å². The Bertz CT molecular complexity index is 1480. The maximum atomic E-state index is 13.8. The van der Waals surface area contributed by atoms with Crippen LogP contribution in [0.1, 0.15) is 21.5 Å². The molecule has 0 aliphatic carbocycles. The summed E-state index contributed by atoms with van der Waals surface area (Å²) in [6, 6.07) is 16.4. The summed E-state index contributed by atoms with van der Waals surface area (Å²) in [6.45, 7) is -0.534. The van der Waals surface area contributed by atoms with Crippen molar-refractivity contribution in [2.75, 3.05) is 11.4 Å². The molecule has 1 heterocycles. The highest BCUT2D eigenvalue weighted by atomic mass is 32.2. The van der Waals surface area contributed by atoms with E-state index in [4.69, 9.17) is 4.74 Å². The molecule has 0 saturated carbocycles. The number of hydrogen-bond acceptors (Lipinski definition) is 5. The molecule has 11 heteroatoms. The summed E-state index contributed by atoms with van der Waals surface area (Å²) < 4.78 is 87.7. The van der Waals surface area contributed by atoms with Gasteiger partial charge in [-0.05, 0) is 47.3 Å². The minimum absolute atomic E-state index is 0.0877. The van der Waals surface area contributed by atoms with Gasteiger partial charge in [-0.2, -0.15) is 13.2 Å². The Balaban J connectivity index is 1.89. The van der Waals surface area contributed by atoms with E-state index in [9.17, 15) is 30.8 Å². The number of ether oxygens (including phenoxy) is 1. The molecule has 0 N–H and O–H groups in total. The van der Waals surface area contributed by atoms with Crippen LogP contribution in [0.2, 0.25) is 0 Å². The van der Waals surface area contributed by atoms with Gasteiger partial charge < -0.3 is 4.74 Å². The van der Waals surface area contributed by atoms with Crippen LogP contribution in [0.3, 0.4) is 0 Å². The molecule has 0 spiro atoms. The molecule has 0 radical (unpaired) electrons. The van der Waals surface area contributed by atoms with Crippen LogP contribution < -0.4 is 4.31 Å². The number of anilines is 1. The first-order valence-corrected chi connectivity index (χ1v) is 12.3. The second-order valence-electron chi connectivity index (χ2n) is 7.43. The number of rotatable bonds is 6. The van der Waals surface area contributed by atoms with Gasteiger partial charge in [0.15, 0.2) is 0 Å². The first kappa shape index (κ1) is 24.7. The number of carbonyl (C=O) groups excluding carboxylic acids is 1. The van der Waals surface area contributed by atoms with Gasteiger partial charge in [-0.3, -0.25) is 4.31 Å². The maximum absolute atomic E-state index is 13.8. The van der Waals surface area contributed by atoms with Crippen molar-refractivity contribution in [2.45, 2.75) is 17.6 Å². The molecule has 4 rings (SSSR count). The van der Waals surface area contributed by atoms with E-state index >= 15 is 0 Å². The third-order valence-corrected chi connectivity index (χ3v) is 8.25. The lowest BCUT2D eigenvalue weighted by Gasteiger charge is -2.24. The number of sulfonamides is 1. The topological polar surface area (TPSA) is 63.7 Å². The first-order valence-electron chi connectivity index (χ1n) is 10.1. The Morgan fingerprint density at radius 1 is 1.00 bits per heavy atom. The number of nitrogens with zero attached hydrogens (tertiary/aromatic N) is 1. The van der Waals surface area contributed by atoms with Crippen LogP contribution in [-0.2, 0) is 27.5 Å². The highest BCUT2D eigenvalue weighted by Crippen LogP contribution is 2.38. The number of benzene rings is 3. The van der Waals surface area contributed by atoms with E-state index in [0.717, 1.165) is 38.9 Å². The average Bonchev–Trinajstić information content (AvgIpc) is 3.25. The van der Waals surface area contributed by atoms with E-state index in [1.165, 1.54) is 24.3 Å². The third kappa shape index (κ3) is 4.87. The number of carbonyl (C=O) groups is 1. The van der Waals surface area contributed by atoms with Crippen LogP contribution in [0.25, 0.3) is 10.1 Å². The molecule has 5 nitrogen and oxygen atoms in total. The molecule has 0 amide bonds. The van der Waals surface area contributed by atoms with Crippen molar-refractivity contribution < 1.29 is 35.5 Å². The maximum Gasteiger partial charge on any atom is 0.419 e. The van der Waals surface area contributed by atoms with E-state index in [2.05, 4.69) is 0 Å². The van der Waals surface area contributed by atoms with E-state index < -0.39 is 40.1 Å². The van der Waals surface area contributed by atoms with Gasteiger partial charge in [0.2, 0.25) is 0 Å². The Morgan fingerprint density at radius 3 is 2.37 bits per heavy atom. The molecule has 0 aliphatic heterocycles. The van der Waals surface area contributed by atoms with Crippen LogP contribution in [0, 0.1) is 5.82 Å². The third-order valence-electron chi connectivity index (χ3n) is 5.18. The summed E-state index contributed by atoms with van der Waals surface area (Å²) in [5.74, 6) is -2.35. The molecule has 0 fully saturated rings. The smallest absolute Gasteiger partial charge is 0.419 e. The number of esters is 1. The predicted octanol–water partition coefficient (Wildman–Crippen LogP) is 6.24. The number of methoxy groups -OCH3 is 1.